The number of para-hydroxylation sites is 1. The number of ether oxygens (including phenoxy) is 2. The third kappa shape index (κ3) is 4.27. The molecule has 6 nitrogen and oxygen atoms in total. The first kappa shape index (κ1) is 20.3. The molecule has 2 aliphatic heterocycles. The van der Waals surface area contributed by atoms with Crippen LogP contribution in [0.3, 0.4) is 0 Å². The summed E-state index contributed by atoms with van der Waals surface area (Å²) in [5.41, 5.74) is 7.94. The number of hydrogen-bond donors (Lipinski definition) is 1. The fourth-order valence-electron chi connectivity index (χ4n) is 4.16. The average Bonchev–Trinajstić information content (AvgIpc) is 3.06. The second kappa shape index (κ2) is 8.01. The molecule has 0 saturated carbocycles. The fourth-order valence-corrected chi connectivity index (χ4v) is 4.16. The molecule has 0 aromatic heterocycles. The number of primary amides is 1. The average molecular weight is 408 g/mol. The normalized spacial score (nSPS) is 17.9. The van der Waals surface area contributed by atoms with Gasteiger partial charge in [0, 0.05) is 36.6 Å². The highest BCUT2D eigenvalue weighted by Crippen LogP contribution is 2.41. The Bertz CT molecular complexity index is 944. The van der Waals surface area contributed by atoms with Crippen LogP contribution in [0.1, 0.15) is 48.2 Å². The first-order valence-electron chi connectivity index (χ1n) is 10.4. The van der Waals surface area contributed by atoms with Gasteiger partial charge in [0.2, 0.25) is 5.91 Å². The number of nitrogens with zero attached hydrogens (tertiary/aromatic N) is 1. The molecule has 2 aliphatic rings. The van der Waals surface area contributed by atoms with Crippen molar-refractivity contribution in [3.05, 3.63) is 59.2 Å². The van der Waals surface area contributed by atoms with Gasteiger partial charge in [-0.05, 0) is 50.5 Å². The molecular weight excluding hydrogens is 380 g/mol. The van der Waals surface area contributed by atoms with Gasteiger partial charge in [-0.25, -0.2) is 0 Å². The van der Waals surface area contributed by atoms with Crippen molar-refractivity contribution >= 4 is 11.8 Å². The van der Waals surface area contributed by atoms with Gasteiger partial charge in [-0.1, -0.05) is 24.3 Å². The zero-order chi connectivity index (χ0) is 21.3. The smallest absolute Gasteiger partial charge is 0.253 e. The molecule has 2 aromatic rings. The Labute approximate surface area is 177 Å². The van der Waals surface area contributed by atoms with Crippen LogP contribution < -0.4 is 15.2 Å². The van der Waals surface area contributed by atoms with Gasteiger partial charge < -0.3 is 20.1 Å². The summed E-state index contributed by atoms with van der Waals surface area (Å²) in [5.74, 6) is 1.16. The molecule has 0 atom stereocenters. The van der Waals surface area contributed by atoms with Crippen LogP contribution in [-0.2, 0) is 17.8 Å². The summed E-state index contributed by atoms with van der Waals surface area (Å²) in [6.45, 7) is 5.67. The van der Waals surface area contributed by atoms with Crippen LogP contribution in [0.5, 0.6) is 11.5 Å². The molecule has 0 aliphatic carbocycles. The maximum absolute atomic E-state index is 12.7. The second-order valence-corrected chi connectivity index (χ2v) is 8.74. The number of amides is 2. The second-order valence-electron chi connectivity index (χ2n) is 8.74. The SMILES string of the molecule is CC1(C)Cc2cccc(OCc3ccc(C(=O)N4CCC(C(N)=O)CC4)cc3)c2O1. The topological polar surface area (TPSA) is 81.9 Å². The van der Waals surface area contributed by atoms with E-state index in [0.717, 1.165) is 23.5 Å². The van der Waals surface area contributed by atoms with Gasteiger partial charge in [0.05, 0.1) is 0 Å². The summed E-state index contributed by atoms with van der Waals surface area (Å²) in [5, 5.41) is 0. The Morgan fingerprint density at radius 2 is 1.83 bits per heavy atom. The monoisotopic (exact) mass is 408 g/mol. The number of benzene rings is 2. The fraction of sp³-hybridized carbons (Fsp3) is 0.417. The number of likely N-dealkylation sites (tertiary alicyclic amines) is 1. The van der Waals surface area contributed by atoms with Gasteiger partial charge in [0.25, 0.3) is 5.91 Å². The van der Waals surface area contributed by atoms with E-state index in [0.29, 0.717) is 38.1 Å². The van der Waals surface area contributed by atoms with Crippen molar-refractivity contribution in [3.63, 3.8) is 0 Å². The number of rotatable bonds is 5. The Balaban J connectivity index is 1.36. The molecule has 30 heavy (non-hydrogen) atoms. The van der Waals surface area contributed by atoms with E-state index in [2.05, 4.69) is 19.9 Å². The predicted octanol–water partition coefficient (Wildman–Crippen LogP) is 3.32. The summed E-state index contributed by atoms with van der Waals surface area (Å²) >= 11 is 0. The quantitative estimate of drug-likeness (QED) is 0.823. The minimum Gasteiger partial charge on any atom is -0.485 e. The Kier molecular flexibility index (Phi) is 5.41. The molecule has 1 saturated heterocycles. The van der Waals surface area contributed by atoms with Crippen molar-refractivity contribution in [3.8, 4) is 11.5 Å². The van der Waals surface area contributed by atoms with E-state index in [1.165, 1.54) is 5.56 Å². The number of hydrogen-bond acceptors (Lipinski definition) is 4. The minimum absolute atomic E-state index is 0.0121. The van der Waals surface area contributed by atoms with Crippen LogP contribution in [0.25, 0.3) is 0 Å². The van der Waals surface area contributed by atoms with Crippen LogP contribution >= 0.6 is 0 Å². The summed E-state index contributed by atoms with van der Waals surface area (Å²) < 4.78 is 12.1. The van der Waals surface area contributed by atoms with Crippen LogP contribution in [0, 0.1) is 5.92 Å². The van der Waals surface area contributed by atoms with Gasteiger partial charge in [-0.3, -0.25) is 9.59 Å². The van der Waals surface area contributed by atoms with E-state index in [-0.39, 0.29) is 23.3 Å². The molecule has 0 radical (unpaired) electrons. The Morgan fingerprint density at radius 1 is 1.13 bits per heavy atom. The zero-order valence-electron chi connectivity index (χ0n) is 17.5. The van der Waals surface area contributed by atoms with Gasteiger partial charge in [-0.2, -0.15) is 0 Å². The van der Waals surface area contributed by atoms with Gasteiger partial charge in [0.1, 0.15) is 12.2 Å². The first-order valence-corrected chi connectivity index (χ1v) is 10.4. The van der Waals surface area contributed by atoms with Crippen molar-refractivity contribution in [2.75, 3.05) is 13.1 Å². The van der Waals surface area contributed by atoms with E-state index in [9.17, 15) is 9.59 Å². The Hall–Kier alpha value is -3.02. The van der Waals surface area contributed by atoms with Crippen molar-refractivity contribution in [2.24, 2.45) is 11.7 Å². The molecule has 1 fully saturated rings. The summed E-state index contributed by atoms with van der Waals surface area (Å²) in [7, 11) is 0. The van der Waals surface area contributed by atoms with E-state index in [1.807, 2.05) is 36.4 Å². The zero-order valence-corrected chi connectivity index (χ0v) is 17.5. The number of carbonyl (C=O) groups excluding carboxylic acids is 2. The lowest BCUT2D eigenvalue weighted by Crippen LogP contribution is -2.41. The van der Waals surface area contributed by atoms with Crippen molar-refractivity contribution in [1.29, 1.82) is 0 Å². The number of nitrogens with two attached hydrogens (primary N) is 1. The van der Waals surface area contributed by atoms with Crippen LogP contribution in [0.15, 0.2) is 42.5 Å². The van der Waals surface area contributed by atoms with Crippen molar-refractivity contribution in [2.45, 2.75) is 45.3 Å². The third-order valence-electron chi connectivity index (χ3n) is 5.83. The maximum atomic E-state index is 12.7. The summed E-state index contributed by atoms with van der Waals surface area (Å²) in [4.78, 5) is 25.8. The molecule has 2 amide bonds. The molecule has 158 valence electrons. The van der Waals surface area contributed by atoms with Crippen LogP contribution in [0.2, 0.25) is 0 Å². The molecule has 0 bridgehead atoms. The molecular formula is C24H28N2O4. The highest BCUT2D eigenvalue weighted by atomic mass is 16.5. The molecule has 2 aromatic carbocycles. The van der Waals surface area contributed by atoms with Crippen molar-refractivity contribution in [1.82, 2.24) is 4.90 Å². The number of piperidine rings is 1. The Morgan fingerprint density at radius 3 is 2.50 bits per heavy atom. The first-order chi connectivity index (χ1) is 14.3. The number of fused-ring (bicyclic) bond motifs is 1. The molecule has 0 unspecified atom stereocenters. The highest BCUT2D eigenvalue weighted by molar-refractivity contribution is 5.94. The molecule has 4 rings (SSSR count). The van der Waals surface area contributed by atoms with Crippen LogP contribution in [-0.4, -0.2) is 35.4 Å². The summed E-state index contributed by atoms with van der Waals surface area (Å²) in [6.07, 6.45) is 2.13. The third-order valence-corrected chi connectivity index (χ3v) is 5.83. The molecule has 0 spiro atoms. The maximum Gasteiger partial charge on any atom is 0.253 e. The predicted molar refractivity (Wildman–Crippen MR) is 113 cm³/mol. The summed E-state index contributed by atoms with van der Waals surface area (Å²) in [6, 6.07) is 13.5. The van der Waals surface area contributed by atoms with Crippen LogP contribution in [0.4, 0.5) is 0 Å². The molecule has 6 heteroatoms. The van der Waals surface area contributed by atoms with Crippen molar-refractivity contribution < 1.29 is 19.1 Å². The van der Waals surface area contributed by atoms with Gasteiger partial charge in [0.15, 0.2) is 11.5 Å². The molecule has 2 heterocycles. The standard InChI is InChI=1S/C24H28N2O4/c1-24(2)14-19-4-3-5-20(21(19)30-24)29-15-16-6-8-18(9-7-16)23(28)26-12-10-17(11-13-26)22(25)27/h3-9,17H,10-15H2,1-2H3,(H2,25,27). The largest absolute Gasteiger partial charge is 0.485 e. The lowest BCUT2D eigenvalue weighted by molar-refractivity contribution is -0.123. The highest BCUT2D eigenvalue weighted by Gasteiger charge is 2.32. The lowest BCUT2D eigenvalue weighted by atomic mass is 9.96. The van der Waals surface area contributed by atoms with Gasteiger partial charge in [-0.15, -0.1) is 0 Å². The van der Waals surface area contributed by atoms with E-state index in [4.69, 9.17) is 15.2 Å². The number of carbonyl (C=O) groups is 2. The van der Waals surface area contributed by atoms with Gasteiger partial charge >= 0.3 is 0 Å². The van der Waals surface area contributed by atoms with E-state index in [1.54, 1.807) is 4.90 Å². The minimum atomic E-state index is -0.274. The van der Waals surface area contributed by atoms with E-state index < -0.39 is 0 Å². The molecule has 2 N–H and O–H groups in total. The van der Waals surface area contributed by atoms with E-state index >= 15 is 0 Å². The lowest BCUT2D eigenvalue weighted by Gasteiger charge is -2.30.